The maximum atomic E-state index is 12.9. The van der Waals surface area contributed by atoms with Crippen LogP contribution in [-0.4, -0.2) is 18.4 Å². The van der Waals surface area contributed by atoms with Crippen LogP contribution in [0.2, 0.25) is 0 Å². The summed E-state index contributed by atoms with van der Waals surface area (Å²) in [5, 5.41) is 2.93. The fourth-order valence-corrected chi connectivity index (χ4v) is 3.38. The number of carbonyl (C=O) groups is 2. The van der Waals surface area contributed by atoms with E-state index in [2.05, 4.69) is 16.2 Å². The van der Waals surface area contributed by atoms with Crippen LogP contribution in [0.5, 0.6) is 0 Å². The van der Waals surface area contributed by atoms with Crippen molar-refractivity contribution < 1.29 is 9.59 Å². The minimum Gasteiger partial charge on any atom is -0.355 e. The Morgan fingerprint density at radius 3 is 2.15 bits per heavy atom. The lowest BCUT2D eigenvalue weighted by molar-refractivity contribution is -0.140. The molecule has 1 fully saturated rings. The van der Waals surface area contributed by atoms with Crippen molar-refractivity contribution in [2.45, 2.75) is 25.8 Å². The Balaban J connectivity index is 1.98. The molecule has 1 saturated heterocycles. The van der Waals surface area contributed by atoms with Gasteiger partial charge in [0.2, 0.25) is 11.8 Å². The maximum absolute atomic E-state index is 12.9. The Morgan fingerprint density at radius 1 is 1.00 bits per heavy atom. The molecule has 1 aliphatic rings. The number of hydrogen-bond donors (Lipinski definition) is 3. The van der Waals surface area contributed by atoms with E-state index in [0.717, 1.165) is 11.1 Å². The first-order valence-corrected chi connectivity index (χ1v) is 9.01. The summed E-state index contributed by atoms with van der Waals surface area (Å²) < 4.78 is 0. The van der Waals surface area contributed by atoms with Crippen LogP contribution in [0.1, 0.15) is 36.9 Å². The van der Waals surface area contributed by atoms with Gasteiger partial charge < -0.3 is 5.32 Å². The van der Waals surface area contributed by atoms with Gasteiger partial charge in [-0.05, 0) is 17.0 Å². The molecule has 3 N–H and O–H groups in total. The van der Waals surface area contributed by atoms with E-state index in [1.54, 1.807) is 0 Å². The first-order valence-electron chi connectivity index (χ1n) is 9.01. The molecule has 3 unspecified atom stereocenters. The smallest absolute Gasteiger partial charge is 0.247 e. The molecule has 2 aromatic rings. The number of rotatable bonds is 5. The molecular weight excluding hydrogens is 326 g/mol. The molecule has 2 aromatic carbocycles. The highest BCUT2D eigenvalue weighted by atomic mass is 16.2. The average Bonchev–Trinajstić information content (AvgIpc) is 2.67. The van der Waals surface area contributed by atoms with Gasteiger partial charge in [0.1, 0.15) is 5.92 Å². The van der Waals surface area contributed by atoms with E-state index in [9.17, 15) is 9.59 Å². The number of amides is 2. The third-order valence-electron chi connectivity index (χ3n) is 4.66. The van der Waals surface area contributed by atoms with Crippen LogP contribution in [0.15, 0.2) is 60.7 Å². The van der Waals surface area contributed by atoms with Gasteiger partial charge in [0.25, 0.3) is 0 Å². The summed E-state index contributed by atoms with van der Waals surface area (Å²) in [7, 11) is 0. The first kappa shape index (κ1) is 18.1. The second-order valence-electron chi connectivity index (χ2n) is 7.08. The topological polar surface area (TPSA) is 70.2 Å². The van der Waals surface area contributed by atoms with E-state index in [1.807, 2.05) is 74.5 Å². The van der Waals surface area contributed by atoms with Gasteiger partial charge in [-0.3, -0.25) is 15.0 Å². The molecule has 5 nitrogen and oxygen atoms in total. The van der Waals surface area contributed by atoms with E-state index in [0.29, 0.717) is 12.5 Å². The van der Waals surface area contributed by atoms with Crippen LogP contribution in [0.25, 0.3) is 0 Å². The Kier molecular flexibility index (Phi) is 5.68. The molecule has 3 rings (SSSR count). The number of benzene rings is 2. The monoisotopic (exact) mass is 351 g/mol. The lowest BCUT2D eigenvalue weighted by atomic mass is 9.76. The first-order chi connectivity index (χ1) is 12.6. The molecule has 0 aliphatic carbocycles. The predicted molar refractivity (Wildman–Crippen MR) is 101 cm³/mol. The zero-order valence-electron chi connectivity index (χ0n) is 15.1. The van der Waals surface area contributed by atoms with Crippen molar-refractivity contribution in [2.24, 2.45) is 11.8 Å². The summed E-state index contributed by atoms with van der Waals surface area (Å²) in [5.74, 6) is -1.29. The summed E-state index contributed by atoms with van der Waals surface area (Å²) in [6.07, 6.45) is 0. The number of hydrazine groups is 1. The molecule has 1 aliphatic heterocycles. The van der Waals surface area contributed by atoms with E-state index in [-0.39, 0.29) is 23.8 Å². The predicted octanol–water partition coefficient (Wildman–Crippen LogP) is 2.53. The fourth-order valence-electron chi connectivity index (χ4n) is 3.38. The van der Waals surface area contributed by atoms with Gasteiger partial charge >= 0.3 is 0 Å². The van der Waals surface area contributed by atoms with Crippen molar-refractivity contribution in [3.63, 3.8) is 0 Å². The molecular formula is C21H25N3O2. The molecule has 136 valence electrons. The van der Waals surface area contributed by atoms with Crippen molar-refractivity contribution in [2.75, 3.05) is 6.54 Å². The largest absolute Gasteiger partial charge is 0.355 e. The van der Waals surface area contributed by atoms with Crippen LogP contribution >= 0.6 is 0 Å². The van der Waals surface area contributed by atoms with E-state index in [1.165, 1.54) is 0 Å². The lowest BCUT2D eigenvalue weighted by Gasteiger charge is -2.38. The average molecular weight is 351 g/mol. The van der Waals surface area contributed by atoms with Crippen molar-refractivity contribution in [1.82, 2.24) is 16.2 Å². The maximum Gasteiger partial charge on any atom is 0.247 e. The zero-order valence-corrected chi connectivity index (χ0v) is 15.1. The normalized spacial score (nSPS) is 22.7. The quantitative estimate of drug-likeness (QED) is 0.725. The zero-order chi connectivity index (χ0) is 18.5. The third kappa shape index (κ3) is 3.94. The number of hydrogen-bond acceptors (Lipinski definition) is 3. The summed E-state index contributed by atoms with van der Waals surface area (Å²) in [4.78, 5) is 25.5. The Labute approximate surface area is 154 Å². The molecule has 0 bridgehead atoms. The Bertz CT molecular complexity index is 746. The van der Waals surface area contributed by atoms with Gasteiger partial charge in [-0.15, -0.1) is 0 Å². The van der Waals surface area contributed by atoms with Gasteiger partial charge in [0, 0.05) is 12.5 Å². The Morgan fingerprint density at radius 2 is 1.58 bits per heavy atom. The molecule has 0 spiro atoms. The van der Waals surface area contributed by atoms with Crippen molar-refractivity contribution >= 4 is 11.8 Å². The molecule has 0 aromatic heterocycles. The van der Waals surface area contributed by atoms with Crippen LogP contribution in [0.3, 0.4) is 0 Å². The molecule has 0 radical (unpaired) electrons. The second kappa shape index (κ2) is 8.15. The summed E-state index contributed by atoms with van der Waals surface area (Å²) in [5.41, 5.74) is 7.80. The van der Waals surface area contributed by atoms with Crippen LogP contribution in [-0.2, 0) is 9.59 Å². The van der Waals surface area contributed by atoms with Crippen molar-refractivity contribution in [3.05, 3.63) is 71.8 Å². The minimum atomic E-state index is -0.789. The van der Waals surface area contributed by atoms with Crippen LogP contribution < -0.4 is 16.2 Å². The van der Waals surface area contributed by atoms with Gasteiger partial charge in [0.05, 0.1) is 6.04 Å². The fraction of sp³-hybridized carbons (Fsp3) is 0.333. The van der Waals surface area contributed by atoms with Gasteiger partial charge in [-0.25, -0.2) is 5.43 Å². The van der Waals surface area contributed by atoms with Gasteiger partial charge in [-0.2, -0.15) is 0 Å². The molecule has 26 heavy (non-hydrogen) atoms. The third-order valence-corrected chi connectivity index (χ3v) is 4.66. The number of carbonyl (C=O) groups excluding carboxylic acids is 2. The van der Waals surface area contributed by atoms with E-state index >= 15 is 0 Å². The second-order valence-corrected chi connectivity index (χ2v) is 7.08. The molecule has 3 atom stereocenters. The van der Waals surface area contributed by atoms with Gasteiger partial charge in [0.15, 0.2) is 0 Å². The minimum absolute atomic E-state index is 0.189. The molecule has 0 saturated carbocycles. The highest BCUT2D eigenvalue weighted by Gasteiger charge is 2.44. The van der Waals surface area contributed by atoms with Gasteiger partial charge in [-0.1, -0.05) is 74.5 Å². The molecule has 2 amide bonds. The standard InChI is InChI=1S/C21H25N3O2/c1-14(2)13-22-20(25)18-17(15-9-5-3-6-10-15)19(23-24-21(18)26)16-11-7-4-8-12-16/h3-12,14,17-19,23H,13H2,1-2H3,(H,22,25)(H,24,26). The summed E-state index contributed by atoms with van der Waals surface area (Å²) in [6.45, 7) is 4.61. The van der Waals surface area contributed by atoms with Crippen molar-refractivity contribution in [3.8, 4) is 0 Å². The SMILES string of the molecule is CC(C)CNC(=O)C1C(=O)NNC(c2ccccc2)C1c1ccccc1. The van der Waals surface area contributed by atoms with E-state index < -0.39 is 5.92 Å². The summed E-state index contributed by atoms with van der Waals surface area (Å²) in [6, 6.07) is 19.5. The van der Waals surface area contributed by atoms with E-state index in [4.69, 9.17) is 0 Å². The van der Waals surface area contributed by atoms with Crippen molar-refractivity contribution in [1.29, 1.82) is 0 Å². The highest BCUT2D eigenvalue weighted by molar-refractivity contribution is 6.01. The van der Waals surface area contributed by atoms with Crippen LogP contribution in [0.4, 0.5) is 0 Å². The molecule has 1 heterocycles. The highest BCUT2D eigenvalue weighted by Crippen LogP contribution is 2.39. The summed E-state index contributed by atoms with van der Waals surface area (Å²) >= 11 is 0. The van der Waals surface area contributed by atoms with Crippen LogP contribution in [0, 0.1) is 11.8 Å². The molecule has 5 heteroatoms. The lowest BCUT2D eigenvalue weighted by Crippen LogP contribution is -2.57. The number of nitrogens with one attached hydrogen (secondary N) is 3. The Hall–Kier alpha value is -2.66.